The Kier molecular flexibility index (Phi) is 4.85. The number of hydrogen-bond acceptors (Lipinski definition) is 1. The first-order valence-corrected chi connectivity index (χ1v) is 7.73. The molecule has 0 heterocycles. The highest BCUT2D eigenvalue weighted by Crippen LogP contribution is 2.44. The maximum atomic E-state index is 12.6. The fourth-order valence-electron chi connectivity index (χ4n) is 3.33. The predicted molar refractivity (Wildman–Crippen MR) is 75.2 cm³/mol. The summed E-state index contributed by atoms with van der Waals surface area (Å²) in [6, 6.07) is 0. The molecule has 0 aromatic heterocycles. The number of fused-ring (bicyclic) bond motifs is 2. The lowest BCUT2D eigenvalue weighted by Crippen LogP contribution is -2.39. The maximum absolute atomic E-state index is 12.6. The van der Waals surface area contributed by atoms with Crippen molar-refractivity contribution in [3.8, 4) is 0 Å². The first-order valence-electron chi connectivity index (χ1n) is 7.73. The van der Waals surface area contributed by atoms with Crippen LogP contribution >= 0.6 is 0 Å². The normalized spacial score (nSPS) is 28.9. The minimum atomic E-state index is 0.300. The zero-order valence-corrected chi connectivity index (χ0v) is 11.9. The first-order chi connectivity index (χ1) is 8.76. The van der Waals surface area contributed by atoms with E-state index >= 15 is 0 Å². The minimum absolute atomic E-state index is 0.300. The highest BCUT2D eigenvalue weighted by atomic mass is 16.2. The molecule has 0 radical (unpaired) electrons. The lowest BCUT2D eigenvalue weighted by atomic mass is 9.92. The van der Waals surface area contributed by atoms with Gasteiger partial charge in [-0.1, -0.05) is 38.8 Å². The zero-order valence-electron chi connectivity index (χ0n) is 11.9. The van der Waals surface area contributed by atoms with Crippen LogP contribution in [0.15, 0.2) is 12.2 Å². The van der Waals surface area contributed by atoms with Gasteiger partial charge in [-0.05, 0) is 37.5 Å². The van der Waals surface area contributed by atoms with Gasteiger partial charge in [-0.3, -0.25) is 4.79 Å². The van der Waals surface area contributed by atoms with E-state index in [2.05, 4.69) is 30.9 Å². The van der Waals surface area contributed by atoms with Gasteiger partial charge in [-0.25, -0.2) is 0 Å². The van der Waals surface area contributed by atoms with E-state index in [0.717, 1.165) is 32.4 Å². The Balaban J connectivity index is 1.92. The molecule has 3 unspecified atom stereocenters. The third-order valence-corrected chi connectivity index (χ3v) is 4.47. The van der Waals surface area contributed by atoms with Crippen LogP contribution in [-0.2, 0) is 4.79 Å². The van der Waals surface area contributed by atoms with Crippen molar-refractivity contribution in [2.24, 2.45) is 17.8 Å². The minimum Gasteiger partial charge on any atom is -0.342 e. The molecule has 2 nitrogen and oxygen atoms in total. The van der Waals surface area contributed by atoms with Crippen LogP contribution in [0, 0.1) is 17.8 Å². The molecule has 2 heteroatoms. The molecule has 0 saturated heterocycles. The highest BCUT2D eigenvalue weighted by Gasteiger charge is 2.41. The molecule has 0 aromatic carbocycles. The topological polar surface area (TPSA) is 20.3 Å². The number of hydrogen-bond donors (Lipinski definition) is 0. The smallest absolute Gasteiger partial charge is 0.226 e. The average Bonchev–Trinajstić information content (AvgIpc) is 3.00. The van der Waals surface area contributed by atoms with Gasteiger partial charge in [0, 0.05) is 19.0 Å². The number of nitrogens with zero attached hydrogens (tertiary/aromatic N) is 1. The number of carbonyl (C=O) groups excluding carboxylic acids is 1. The summed E-state index contributed by atoms with van der Waals surface area (Å²) in [6.45, 7) is 6.32. The van der Waals surface area contributed by atoms with E-state index in [1.54, 1.807) is 0 Å². The van der Waals surface area contributed by atoms with Crippen LogP contribution in [-0.4, -0.2) is 23.9 Å². The van der Waals surface area contributed by atoms with E-state index in [4.69, 9.17) is 0 Å². The molecule has 2 bridgehead atoms. The second-order valence-corrected chi connectivity index (χ2v) is 5.92. The van der Waals surface area contributed by atoms with Crippen LogP contribution < -0.4 is 0 Å². The molecule has 0 spiro atoms. The van der Waals surface area contributed by atoms with Gasteiger partial charge in [0.1, 0.15) is 0 Å². The summed E-state index contributed by atoms with van der Waals surface area (Å²) >= 11 is 0. The molecule has 1 amide bonds. The molecule has 1 saturated carbocycles. The Morgan fingerprint density at radius 3 is 2.22 bits per heavy atom. The van der Waals surface area contributed by atoms with Crippen molar-refractivity contribution in [1.29, 1.82) is 0 Å². The fourth-order valence-corrected chi connectivity index (χ4v) is 3.33. The Morgan fingerprint density at radius 2 is 1.78 bits per heavy atom. The molecule has 0 aliphatic heterocycles. The Bertz CT molecular complexity index is 302. The molecule has 1 fully saturated rings. The van der Waals surface area contributed by atoms with Crippen molar-refractivity contribution in [3.05, 3.63) is 12.2 Å². The van der Waals surface area contributed by atoms with Crippen LogP contribution in [0.4, 0.5) is 0 Å². The van der Waals surface area contributed by atoms with E-state index < -0.39 is 0 Å². The molecule has 102 valence electrons. The monoisotopic (exact) mass is 249 g/mol. The van der Waals surface area contributed by atoms with Crippen molar-refractivity contribution in [2.75, 3.05) is 13.1 Å². The van der Waals surface area contributed by atoms with Crippen LogP contribution in [0.2, 0.25) is 0 Å². The number of amides is 1. The molecule has 0 N–H and O–H groups in total. The lowest BCUT2D eigenvalue weighted by Gasteiger charge is -2.28. The number of allylic oxidation sites excluding steroid dienone is 2. The third kappa shape index (κ3) is 2.96. The van der Waals surface area contributed by atoms with Gasteiger partial charge in [0.05, 0.1) is 0 Å². The molecule has 18 heavy (non-hydrogen) atoms. The second kappa shape index (κ2) is 6.40. The van der Waals surface area contributed by atoms with E-state index in [9.17, 15) is 4.79 Å². The van der Waals surface area contributed by atoms with Gasteiger partial charge in [0.25, 0.3) is 0 Å². The molecule has 2 aliphatic carbocycles. The van der Waals surface area contributed by atoms with Crippen molar-refractivity contribution in [2.45, 2.75) is 52.4 Å². The maximum Gasteiger partial charge on any atom is 0.226 e. The standard InChI is InChI=1S/C16H27NO/c1-3-5-9-17(10-6-4-2)16(18)15-12-13-7-8-14(15)11-13/h7-8,13-15H,3-6,9-12H2,1-2H3. The molecule has 0 aromatic rings. The van der Waals surface area contributed by atoms with Crippen molar-refractivity contribution < 1.29 is 4.79 Å². The summed E-state index contributed by atoms with van der Waals surface area (Å²) in [5, 5.41) is 0. The van der Waals surface area contributed by atoms with E-state index in [-0.39, 0.29) is 0 Å². The summed E-state index contributed by atoms with van der Waals surface area (Å²) in [7, 11) is 0. The van der Waals surface area contributed by atoms with E-state index in [0.29, 0.717) is 23.7 Å². The summed E-state index contributed by atoms with van der Waals surface area (Å²) < 4.78 is 0. The van der Waals surface area contributed by atoms with Crippen molar-refractivity contribution in [1.82, 2.24) is 4.90 Å². The van der Waals surface area contributed by atoms with Crippen LogP contribution in [0.3, 0.4) is 0 Å². The quantitative estimate of drug-likeness (QED) is 0.631. The molecule has 2 aliphatic rings. The van der Waals surface area contributed by atoms with E-state index in [1.165, 1.54) is 19.3 Å². The predicted octanol–water partition coefficient (Wildman–Crippen LogP) is 3.63. The van der Waals surface area contributed by atoms with Crippen LogP contribution in [0.25, 0.3) is 0 Å². The van der Waals surface area contributed by atoms with Gasteiger partial charge >= 0.3 is 0 Å². The first kappa shape index (κ1) is 13.6. The summed E-state index contributed by atoms with van der Waals surface area (Å²) in [4.78, 5) is 14.8. The van der Waals surface area contributed by atoms with Crippen LogP contribution in [0.5, 0.6) is 0 Å². The molecular formula is C16H27NO. The Morgan fingerprint density at radius 1 is 1.11 bits per heavy atom. The van der Waals surface area contributed by atoms with Gasteiger partial charge in [-0.2, -0.15) is 0 Å². The Hall–Kier alpha value is -0.790. The largest absolute Gasteiger partial charge is 0.342 e. The number of rotatable bonds is 7. The van der Waals surface area contributed by atoms with Crippen molar-refractivity contribution >= 4 is 5.91 Å². The second-order valence-electron chi connectivity index (χ2n) is 5.92. The van der Waals surface area contributed by atoms with Gasteiger partial charge < -0.3 is 4.90 Å². The summed E-state index contributed by atoms with van der Waals surface area (Å²) in [6.07, 6.45) is 11.6. The van der Waals surface area contributed by atoms with Gasteiger partial charge in [0.2, 0.25) is 5.91 Å². The fraction of sp³-hybridized carbons (Fsp3) is 0.812. The van der Waals surface area contributed by atoms with Gasteiger partial charge in [-0.15, -0.1) is 0 Å². The SMILES string of the molecule is CCCCN(CCCC)C(=O)C1CC2C=CC1C2. The summed E-state index contributed by atoms with van der Waals surface area (Å²) in [5.74, 6) is 1.99. The molecule has 2 rings (SSSR count). The molecule has 3 atom stereocenters. The summed E-state index contributed by atoms with van der Waals surface area (Å²) in [5.41, 5.74) is 0. The van der Waals surface area contributed by atoms with E-state index in [1.807, 2.05) is 0 Å². The van der Waals surface area contributed by atoms with Crippen LogP contribution in [0.1, 0.15) is 52.4 Å². The third-order valence-electron chi connectivity index (χ3n) is 4.47. The molecular weight excluding hydrogens is 222 g/mol. The lowest BCUT2D eigenvalue weighted by molar-refractivity contribution is -0.136. The number of carbonyl (C=O) groups is 1. The van der Waals surface area contributed by atoms with Crippen molar-refractivity contribution in [3.63, 3.8) is 0 Å². The number of unbranched alkanes of at least 4 members (excludes halogenated alkanes) is 2. The Labute approximate surface area is 111 Å². The zero-order chi connectivity index (χ0) is 13.0. The highest BCUT2D eigenvalue weighted by molar-refractivity contribution is 5.80. The van der Waals surface area contributed by atoms with Gasteiger partial charge in [0.15, 0.2) is 0 Å². The average molecular weight is 249 g/mol.